The second-order valence-corrected chi connectivity index (χ2v) is 11.8. The zero-order valence-corrected chi connectivity index (χ0v) is 28.6. The molecular formula is C43H41IrN3O-2. The summed E-state index contributed by atoms with van der Waals surface area (Å²) in [5.74, 6) is 0. The SMILES string of the molecule is [2H]C([2H])([2H])c1c[c-]c(-c2ccc(C([2H])([2H])[2H])cn2)cc1.[2H]c1cc(C([2H])([2H])C(C)(C)C)cc(C([2H])([2H])[2H])c1-c1cc(-c2[c-]ccc3c2oc2nc(C([2H])([2H])[2H])ccc23)ncc1C([2H])([2H])[2H].[Ir]. The summed E-state index contributed by atoms with van der Waals surface area (Å²) in [5, 5.41) is 1.11. The molecule has 0 aliphatic rings. The van der Waals surface area contributed by atoms with Crippen LogP contribution in [0.4, 0.5) is 0 Å². The Balaban J connectivity index is 0.000000325. The molecule has 0 unspecified atom stereocenters. The zero-order valence-electron chi connectivity index (χ0n) is 44.2. The Labute approximate surface area is 323 Å². The Morgan fingerprint density at radius 2 is 1.62 bits per heavy atom. The van der Waals surface area contributed by atoms with Crippen LogP contribution < -0.4 is 0 Å². The quantitative estimate of drug-likeness (QED) is 0.166. The Morgan fingerprint density at radius 1 is 0.792 bits per heavy atom. The van der Waals surface area contributed by atoms with Crippen molar-refractivity contribution in [3.05, 3.63) is 137 Å². The van der Waals surface area contributed by atoms with E-state index >= 15 is 0 Å². The van der Waals surface area contributed by atoms with Crippen LogP contribution in [0.2, 0.25) is 0 Å². The van der Waals surface area contributed by atoms with E-state index in [2.05, 4.69) is 27.1 Å². The smallest absolute Gasteiger partial charge is 0.216 e. The Kier molecular flexibility index (Phi) is 5.49. The normalized spacial score (nSPS) is 18.4. The molecule has 0 saturated heterocycles. The first-order valence-electron chi connectivity index (χ1n) is 23.6. The molecule has 48 heavy (non-hydrogen) atoms. The number of nitrogens with zero attached hydrogens (tertiary/aromatic N) is 3. The van der Waals surface area contributed by atoms with Crippen molar-refractivity contribution in [1.29, 1.82) is 0 Å². The van der Waals surface area contributed by atoms with Crippen LogP contribution in [-0.4, -0.2) is 15.0 Å². The van der Waals surface area contributed by atoms with Gasteiger partial charge in [-0.05, 0) is 96.1 Å². The van der Waals surface area contributed by atoms with E-state index in [-0.39, 0.29) is 93.3 Å². The molecule has 0 aliphatic carbocycles. The van der Waals surface area contributed by atoms with Gasteiger partial charge in [-0.25, -0.2) is 4.98 Å². The number of hydrogen-bond donors (Lipinski definition) is 0. The predicted octanol–water partition coefficient (Wildman–Crippen LogP) is 11.2. The molecule has 0 saturated carbocycles. The largest absolute Gasteiger partial charge is 0.486 e. The average Bonchev–Trinajstić information content (AvgIpc) is 3.57. The van der Waals surface area contributed by atoms with Crippen molar-refractivity contribution in [3.63, 3.8) is 0 Å². The maximum Gasteiger partial charge on any atom is 0.216 e. The summed E-state index contributed by atoms with van der Waals surface area (Å²) < 4.78 is 148. The number of hydrogen-bond acceptors (Lipinski definition) is 4. The van der Waals surface area contributed by atoms with Crippen molar-refractivity contribution >= 4 is 22.1 Å². The fourth-order valence-electron chi connectivity index (χ4n) is 4.97. The van der Waals surface area contributed by atoms with Crippen LogP contribution >= 0.6 is 0 Å². The molecule has 0 bridgehead atoms. The van der Waals surface area contributed by atoms with E-state index in [0.717, 1.165) is 6.20 Å². The molecule has 4 aromatic heterocycles. The van der Waals surface area contributed by atoms with Gasteiger partial charge in [0.2, 0.25) is 5.71 Å². The third-order valence-corrected chi connectivity index (χ3v) is 7.04. The van der Waals surface area contributed by atoms with Crippen LogP contribution in [0.1, 0.15) is 79.0 Å². The summed E-state index contributed by atoms with van der Waals surface area (Å²) >= 11 is 0. The van der Waals surface area contributed by atoms with Gasteiger partial charge in [-0.1, -0.05) is 74.9 Å². The number of rotatable bonds is 4. The summed E-state index contributed by atoms with van der Waals surface area (Å²) in [6, 6.07) is 23.2. The molecule has 4 nitrogen and oxygen atoms in total. The van der Waals surface area contributed by atoms with E-state index in [1.165, 1.54) is 48.7 Å². The van der Waals surface area contributed by atoms with Gasteiger partial charge >= 0.3 is 0 Å². The van der Waals surface area contributed by atoms with Gasteiger partial charge < -0.3 is 14.4 Å². The Morgan fingerprint density at radius 3 is 2.33 bits per heavy atom. The molecule has 0 spiro atoms. The van der Waals surface area contributed by atoms with E-state index in [4.69, 9.17) is 29.1 Å². The van der Waals surface area contributed by atoms with Crippen LogP contribution in [0.3, 0.4) is 0 Å². The fourth-order valence-corrected chi connectivity index (χ4v) is 4.97. The zero-order chi connectivity index (χ0) is 48.5. The Bertz CT molecular complexity index is 2810. The third kappa shape index (κ3) is 7.81. The van der Waals surface area contributed by atoms with Crippen molar-refractivity contribution in [2.75, 3.05) is 0 Å². The molecule has 1 radical (unpaired) electrons. The Hall–Kier alpha value is -4.44. The van der Waals surface area contributed by atoms with Crippen LogP contribution in [0, 0.1) is 51.8 Å². The van der Waals surface area contributed by atoms with Crippen molar-refractivity contribution in [2.24, 2.45) is 5.41 Å². The third-order valence-electron chi connectivity index (χ3n) is 7.04. The molecule has 0 amide bonds. The van der Waals surface area contributed by atoms with Crippen molar-refractivity contribution in [3.8, 4) is 33.6 Å². The van der Waals surface area contributed by atoms with Gasteiger partial charge in [0.05, 0.1) is 6.95 Å². The maximum atomic E-state index is 8.90. The number of furan rings is 1. The van der Waals surface area contributed by atoms with Crippen molar-refractivity contribution in [1.82, 2.24) is 15.0 Å². The second kappa shape index (κ2) is 14.4. The molecule has 245 valence electrons. The van der Waals surface area contributed by atoms with Gasteiger partial charge in [-0.2, -0.15) is 0 Å². The molecule has 7 rings (SSSR count). The fraction of sp³-hybridized carbons (Fsp3) is 0.233. The molecule has 0 fully saturated rings. The van der Waals surface area contributed by atoms with E-state index in [1.807, 2.05) is 0 Å². The maximum absolute atomic E-state index is 8.90. The summed E-state index contributed by atoms with van der Waals surface area (Å²) in [4.78, 5) is 12.6. The van der Waals surface area contributed by atoms with Gasteiger partial charge in [0.15, 0.2) is 0 Å². The van der Waals surface area contributed by atoms with Gasteiger partial charge in [0.1, 0.15) is 0 Å². The summed E-state index contributed by atoms with van der Waals surface area (Å²) in [6.07, 6.45) is 0.383. The van der Waals surface area contributed by atoms with Gasteiger partial charge in [0.25, 0.3) is 0 Å². The van der Waals surface area contributed by atoms with Crippen molar-refractivity contribution < 1.29 is 49.2 Å². The topological polar surface area (TPSA) is 51.8 Å². The second-order valence-electron chi connectivity index (χ2n) is 11.8. The van der Waals surface area contributed by atoms with Gasteiger partial charge in [-0.3, -0.25) is 0 Å². The minimum atomic E-state index is -2.83. The van der Waals surface area contributed by atoms with E-state index in [1.54, 1.807) is 51.1 Å². The first-order chi connectivity index (χ1) is 29.7. The van der Waals surface area contributed by atoms with E-state index < -0.39 is 46.0 Å². The number of pyridine rings is 3. The first kappa shape index (κ1) is 18.4. The molecule has 0 atom stereocenters. The molecule has 0 N–H and O–H groups in total. The summed E-state index contributed by atoms with van der Waals surface area (Å²) in [5.41, 5.74) is 0.273. The van der Waals surface area contributed by atoms with Crippen molar-refractivity contribution in [2.45, 2.75) is 61.4 Å². The first-order valence-corrected chi connectivity index (χ1v) is 14.6. The average molecular weight is 826 g/mol. The molecule has 7 aromatic rings. The molecular weight excluding hydrogens is 767 g/mol. The van der Waals surface area contributed by atoms with E-state index in [9.17, 15) is 0 Å². The van der Waals surface area contributed by atoms with Crippen LogP contribution in [0.5, 0.6) is 0 Å². The number of benzene rings is 3. The van der Waals surface area contributed by atoms with Gasteiger partial charge in [-0.15, -0.1) is 53.6 Å². The summed E-state index contributed by atoms with van der Waals surface area (Å²) in [7, 11) is 0. The minimum Gasteiger partial charge on any atom is -0.486 e. The van der Waals surface area contributed by atoms with Crippen LogP contribution in [-0.2, 0) is 26.5 Å². The summed E-state index contributed by atoms with van der Waals surface area (Å²) in [6.45, 7) is -7.39. The van der Waals surface area contributed by atoms with Crippen LogP contribution in [0.15, 0.2) is 95.6 Å². The number of aromatic nitrogens is 3. The monoisotopic (exact) mass is 826 g/mol. The van der Waals surface area contributed by atoms with E-state index in [0.29, 0.717) is 22.0 Å². The minimum absolute atomic E-state index is 0. The predicted molar refractivity (Wildman–Crippen MR) is 194 cm³/mol. The molecule has 5 heteroatoms. The molecule has 0 aliphatic heterocycles. The molecule has 4 heterocycles. The number of aryl methyl sites for hydroxylation is 5. The van der Waals surface area contributed by atoms with Crippen LogP contribution in [0.25, 0.3) is 55.7 Å². The number of fused-ring (bicyclic) bond motifs is 3. The van der Waals surface area contributed by atoms with Gasteiger partial charge in [0, 0.05) is 66.9 Å². The standard InChI is InChI=1S/C30H29N2O.C13H12N.Ir/c1-18-14-21(16-30(4,5)6)11-13-22(18)26-15-27(31-17-19(26)2)25-9-7-8-23-24-12-10-20(3)32-29(24)33-28(23)25;1-10-3-6-12(7-4-10)13-8-5-11(2)9-14-13;/h7-8,10-15,17H,16H2,1-6H3;3-6,8-9H,1-2H3;/q2*-1;/i1D3,2D3,3D3,13D,16D2;1D3,2D3;. The molecule has 3 aromatic carbocycles.